The average molecular weight is 409 g/mol. The number of nitrogens with zero attached hydrogens (tertiary/aromatic N) is 2. The maximum atomic E-state index is 13.3. The number of benzene rings is 2. The molecule has 148 valence electrons. The number of aromatic nitrogens is 2. The molecular formula is C22H21ClN4O2. The molecule has 0 spiro atoms. The second-order valence-electron chi connectivity index (χ2n) is 6.91. The van der Waals surface area contributed by atoms with Gasteiger partial charge in [0, 0.05) is 6.54 Å². The molecule has 0 unspecified atom stereocenters. The molecule has 1 aromatic heterocycles. The lowest BCUT2D eigenvalue weighted by atomic mass is 10.1. The van der Waals surface area contributed by atoms with Crippen LogP contribution in [0.25, 0.3) is 5.69 Å². The highest BCUT2D eigenvalue weighted by atomic mass is 35.5. The number of carbonyl (C=O) groups excluding carboxylic acids is 1. The fourth-order valence-electron chi connectivity index (χ4n) is 3.46. The Balaban J connectivity index is 1.79. The molecule has 0 saturated carbocycles. The Hall–Kier alpha value is -3.12. The Kier molecular flexibility index (Phi) is 5.62. The summed E-state index contributed by atoms with van der Waals surface area (Å²) in [5, 5.41) is 6.24. The minimum Gasteiger partial charge on any atom is -0.306 e. The van der Waals surface area contributed by atoms with Crippen LogP contribution in [0.15, 0.2) is 64.4 Å². The normalized spacial score (nSPS) is 14.2. The fraction of sp³-hybridized carbons (Fsp3) is 0.227. The number of carbonyl (C=O) groups is 1. The highest BCUT2D eigenvalue weighted by molar-refractivity contribution is 6.34. The average Bonchev–Trinajstić information content (AvgIpc) is 2.90. The molecule has 2 N–H and O–H groups in total. The molecule has 7 heteroatoms. The molecule has 0 aliphatic carbocycles. The number of hydrogen-bond donors (Lipinski definition) is 2. The van der Waals surface area contributed by atoms with Crippen molar-refractivity contribution in [3.05, 3.63) is 81.1 Å². The van der Waals surface area contributed by atoms with Gasteiger partial charge < -0.3 is 5.32 Å². The molecule has 0 fully saturated rings. The van der Waals surface area contributed by atoms with E-state index in [0.29, 0.717) is 40.6 Å². The van der Waals surface area contributed by atoms with Crippen LogP contribution in [0.1, 0.15) is 41.6 Å². The Morgan fingerprint density at radius 2 is 1.79 bits per heavy atom. The first kappa shape index (κ1) is 19.2. The summed E-state index contributed by atoms with van der Waals surface area (Å²) in [6, 6.07) is 16.1. The molecule has 1 amide bonds. The largest absolute Gasteiger partial charge is 0.306 e. The molecule has 0 radical (unpaired) electrons. The van der Waals surface area contributed by atoms with E-state index in [-0.39, 0.29) is 11.5 Å². The number of amides is 1. The van der Waals surface area contributed by atoms with Gasteiger partial charge in [-0.25, -0.2) is 4.68 Å². The van der Waals surface area contributed by atoms with Crippen molar-refractivity contribution in [1.29, 1.82) is 0 Å². The van der Waals surface area contributed by atoms with Crippen LogP contribution in [0.5, 0.6) is 0 Å². The number of aromatic amines is 1. The molecule has 0 saturated heterocycles. The van der Waals surface area contributed by atoms with Crippen molar-refractivity contribution in [2.45, 2.75) is 25.7 Å². The van der Waals surface area contributed by atoms with Gasteiger partial charge in [-0.3, -0.25) is 19.7 Å². The van der Waals surface area contributed by atoms with Gasteiger partial charge in [0.15, 0.2) is 0 Å². The predicted octanol–water partition coefficient (Wildman–Crippen LogP) is 4.43. The highest BCUT2D eigenvalue weighted by Crippen LogP contribution is 2.21. The third-order valence-electron chi connectivity index (χ3n) is 4.92. The zero-order valence-corrected chi connectivity index (χ0v) is 16.6. The predicted molar refractivity (Wildman–Crippen MR) is 116 cm³/mol. The Morgan fingerprint density at radius 3 is 2.59 bits per heavy atom. The van der Waals surface area contributed by atoms with E-state index in [1.807, 2.05) is 30.3 Å². The molecule has 3 aromatic rings. The van der Waals surface area contributed by atoms with E-state index in [2.05, 4.69) is 15.4 Å². The van der Waals surface area contributed by atoms with E-state index in [0.717, 1.165) is 25.0 Å². The van der Waals surface area contributed by atoms with Crippen LogP contribution in [0.3, 0.4) is 0 Å². The Morgan fingerprint density at radius 1 is 1.03 bits per heavy atom. The topological polar surface area (TPSA) is 79.2 Å². The lowest BCUT2D eigenvalue weighted by Gasteiger charge is -2.08. The summed E-state index contributed by atoms with van der Waals surface area (Å²) in [6.45, 7) is 0.684. The quantitative estimate of drug-likeness (QED) is 0.669. The highest BCUT2D eigenvalue weighted by Gasteiger charge is 2.23. The molecule has 0 atom stereocenters. The third-order valence-corrected chi connectivity index (χ3v) is 5.25. The molecule has 1 aliphatic rings. The smallest absolute Gasteiger partial charge is 0.282 e. The van der Waals surface area contributed by atoms with E-state index in [9.17, 15) is 9.59 Å². The van der Waals surface area contributed by atoms with E-state index in [1.54, 1.807) is 24.3 Å². The van der Waals surface area contributed by atoms with E-state index in [4.69, 9.17) is 11.6 Å². The van der Waals surface area contributed by atoms with Gasteiger partial charge in [0.05, 0.1) is 22.0 Å². The fourth-order valence-corrected chi connectivity index (χ4v) is 3.68. The molecule has 4 rings (SSSR count). The minimum absolute atomic E-state index is 0.230. The molecule has 6 nitrogen and oxygen atoms in total. The maximum Gasteiger partial charge on any atom is 0.282 e. The first-order chi connectivity index (χ1) is 14.1. The molecule has 0 bridgehead atoms. The van der Waals surface area contributed by atoms with Gasteiger partial charge in [0.25, 0.3) is 11.5 Å². The lowest BCUT2D eigenvalue weighted by Crippen LogP contribution is -2.21. The maximum absolute atomic E-state index is 13.3. The zero-order chi connectivity index (χ0) is 20.2. The second-order valence-corrected chi connectivity index (χ2v) is 7.32. The first-order valence-electron chi connectivity index (χ1n) is 9.65. The summed E-state index contributed by atoms with van der Waals surface area (Å²) >= 11 is 6.17. The van der Waals surface area contributed by atoms with Crippen molar-refractivity contribution in [1.82, 2.24) is 9.78 Å². The van der Waals surface area contributed by atoms with E-state index < -0.39 is 0 Å². The third kappa shape index (κ3) is 4.03. The zero-order valence-electron chi connectivity index (χ0n) is 15.8. The van der Waals surface area contributed by atoms with E-state index >= 15 is 0 Å². The van der Waals surface area contributed by atoms with Gasteiger partial charge in [-0.2, -0.15) is 0 Å². The van der Waals surface area contributed by atoms with Crippen molar-refractivity contribution in [3.8, 4) is 5.69 Å². The first-order valence-corrected chi connectivity index (χ1v) is 10.0. The van der Waals surface area contributed by atoms with Crippen LogP contribution >= 0.6 is 11.6 Å². The van der Waals surface area contributed by atoms with Gasteiger partial charge in [-0.1, -0.05) is 48.4 Å². The van der Waals surface area contributed by atoms with Crippen molar-refractivity contribution in [2.24, 2.45) is 4.99 Å². The van der Waals surface area contributed by atoms with Crippen molar-refractivity contribution in [2.75, 3.05) is 11.9 Å². The lowest BCUT2D eigenvalue weighted by molar-refractivity contribution is 0.102. The number of nitrogens with one attached hydrogen (secondary N) is 2. The molecule has 2 aromatic carbocycles. The van der Waals surface area contributed by atoms with Gasteiger partial charge in [0.2, 0.25) is 0 Å². The molecule has 1 aliphatic heterocycles. The Bertz CT molecular complexity index is 1120. The number of halogens is 1. The number of anilines is 1. The monoisotopic (exact) mass is 408 g/mol. The van der Waals surface area contributed by atoms with Gasteiger partial charge in [-0.05, 0) is 43.5 Å². The summed E-state index contributed by atoms with van der Waals surface area (Å²) in [6.07, 6.45) is 3.75. The number of H-pyrrole nitrogens is 1. The summed E-state index contributed by atoms with van der Waals surface area (Å²) < 4.78 is 1.44. The van der Waals surface area contributed by atoms with Crippen LogP contribution in [0, 0.1) is 0 Å². The van der Waals surface area contributed by atoms with Gasteiger partial charge >= 0.3 is 0 Å². The molecular weight excluding hydrogens is 388 g/mol. The van der Waals surface area contributed by atoms with Crippen molar-refractivity contribution < 1.29 is 4.79 Å². The van der Waals surface area contributed by atoms with Crippen LogP contribution in [-0.4, -0.2) is 27.9 Å². The number of aliphatic imine (C=N–C) groups is 1. The molecule has 29 heavy (non-hydrogen) atoms. The van der Waals surface area contributed by atoms with Crippen LogP contribution in [-0.2, 0) is 0 Å². The van der Waals surface area contributed by atoms with Crippen LogP contribution in [0.4, 0.5) is 5.82 Å². The summed E-state index contributed by atoms with van der Waals surface area (Å²) in [5.41, 5.74) is 1.94. The van der Waals surface area contributed by atoms with Crippen molar-refractivity contribution in [3.63, 3.8) is 0 Å². The minimum atomic E-state index is -0.382. The number of rotatable bonds is 4. The number of hydrogen-bond acceptors (Lipinski definition) is 3. The second kappa shape index (κ2) is 8.49. The Labute approximate surface area is 173 Å². The van der Waals surface area contributed by atoms with Gasteiger partial charge in [-0.15, -0.1) is 0 Å². The summed E-state index contributed by atoms with van der Waals surface area (Å²) in [7, 11) is 0. The number of para-hydroxylation sites is 1. The molecule has 2 heterocycles. The van der Waals surface area contributed by atoms with Gasteiger partial charge in [0.1, 0.15) is 11.4 Å². The van der Waals surface area contributed by atoms with Crippen LogP contribution < -0.4 is 10.9 Å². The van der Waals surface area contributed by atoms with E-state index in [1.165, 1.54) is 4.68 Å². The summed E-state index contributed by atoms with van der Waals surface area (Å²) in [4.78, 5) is 30.7. The van der Waals surface area contributed by atoms with Crippen molar-refractivity contribution >= 4 is 29.0 Å². The SMILES string of the molecule is O=C(Nc1[nH]n(-c2ccccc2)c(=O)c1C1=NCCCCC1)c1ccccc1Cl. The standard InChI is InChI=1S/C22H21ClN4O2/c23-17-12-7-6-11-16(17)21(28)25-20-19(18-13-5-2-8-14-24-18)22(29)27(26-20)15-9-3-1-4-10-15/h1,3-4,6-7,9-12,26H,2,5,8,13-14H2,(H,25,28). The summed E-state index contributed by atoms with van der Waals surface area (Å²) in [5.74, 6) is -0.0445. The van der Waals surface area contributed by atoms with Crippen LogP contribution in [0.2, 0.25) is 5.02 Å².